The highest BCUT2D eigenvalue weighted by Crippen LogP contribution is 2.29. The third kappa shape index (κ3) is 5.44. The van der Waals surface area contributed by atoms with Crippen LogP contribution in [-0.4, -0.2) is 28.8 Å². The van der Waals surface area contributed by atoms with Gasteiger partial charge in [-0.15, -0.1) is 0 Å². The number of aryl methyl sites for hydroxylation is 3. The number of hydrogen-bond donors (Lipinski definition) is 0. The van der Waals surface area contributed by atoms with Gasteiger partial charge in [-0.1, -0.05) is 49.4 Å². The molecule has 0 fully saturated rings. The van der Waals surface area contributed by atoms with Gasteiger partial charge in [-0.3, -0.25) is 9.69 Å². The van der Waals surface area contributed by atoms with Gasteiger partial charge in [0.25, 0.3) is 0 Å². The van der Waals surface area contributed by atoms with E-state index in [9.17, 15) is 4.79 Å². The number of fused-ring (bicyclic) bond motifs is 1. The van der Waals surface area contributed by atoms with Crippen LogP contribution in [0.25, 0.3) is 11.0 Å². The van der Waals surface area contributed by atoms with E-state index >= 15 is 0 Å². The second-order valence-electron chi connectivity index (χ2n) is 9.00. The first-order valence-corrected chi connectivity index (χ1v) is 12.6. The van der Waals surface area contributed by atoms with E-state index in [1.807, 2.05) is 92.9 Å². The fraction of sp³-hybridized carbons (Fsp3) is 0.333. The van der Waals surface area contributed by atoms with Crippen LogP contribution in [0.3, 0.4) is 0 Å². The predicted octanol–water partition coefficient (Wildman–Crippen LogP) is 6.38. The average molecular weight is 486 g/mol. The molecule has 4 aromatic rings. The van der Waals surface area contributed by atoms with Crippen LogP contribution in [0.2, 0.25) is 0 Å². The lowest BCUT2D eigenvalue weighted by Crippen LogP contribution is -2.37. The zero-order valence-electron chi connectivity index (χ0n) is 21.8. The van der Waals surface area contributed by atoms with E-state index in [0.717, 1.165) is 45.6 Å². The van der Waals surface area contributed by atoms with Crippen LogP contribution >= 0.6 is 0 Å². The quantitative estimate of drug-likeness (QED) is 0.245. The highest BCUT2D eigenvalue weighted by molar-refractivity contribution is 5.95. The average Bonchev–Trinajstić information content (AvgIpc) is 3.23. The molecular weight excluding hydrogens is 450 g/mol. The van der Waals surface area contributed by atoms with Gasteiger partial charge >= 0.3 is 0 Å². The standard InChI is InChI=1S/C30H35N3O3/c1-6-24-14-11-13-22(4)29(24)33(20-35-7-2)28(34)19-32-27-17-9-8-16-26(27)31-30(32)23(5)36-25-15-10-12-21(3)18-25/h8-18,23H,6-7,19-20H2,1-5H3. The van der Waals surface area contributed by atoms with E-state index in [1.165, 1.54) is 0 Å². The number of hydrogen-bond acceptors (Lipinski definition) is 4. The summed E-state index contributed by atoms with van der Waals surface area (Å²) in [5.74, 6) is 1.43. The van der Waals surface area contributed by atoms with Crippen LogP contribution in [0.1, 0.15) is 49.4 Å². The van der Waals surface area contributed by atoms with Gasteiger partial charge in [0.1, 0.15) is 19.0 Å². The summed E-state index contributed by atoms with van der Waals surface area (Å²) in [5, 5.41) is 0. The Bertz CT molecular complexity index is 1340. The number of aromatic nitrogens is 2. The van der Waals surface area contributed by atoms with E-state index in [-0.39, 0.29) is 25.3 Å². The van der Waals surface area contributed by atoms with Gasteiger partial charge in [0.15, 0.2) is 11.9 Å². The van der Waals surface area contributed by atoms with Gasteiger partial charge < -0.3 is 14.0 Å². The van der Waals surface area contributed by atoms with Crippen LogP contribution < -0.4 is 9.64 Å². The van der Waals surface area contributed by atoms with Crippen molar-refractivity contribution in [3.8, 4) is 5.75 Å². The summed E-state index contributed by atoms with van der Waals surface area (Å²) in [4.78, 5) is 20.5. The summed E-state index contributed by atoms with van der Waals surface area (Å²) in [7, 11) is 0. The second-order valence-corrected chi connectivity index (χ2v) is 9.00. The fourth-order valence-corrected chi connectivity index (χ4v) is 4.57. The van der Waals surface area contributed by atoms with Crippen molar-refractivity contribution in [2.45, 2.75) is 53.7 Å². The Kier molecular flexibility index (Phi) is 8.06. The minimum absolute atomic E-state index is 0.0559. The van der Waals surface area contributed by atoms with Crippen LogP contribution in [0, 0.1) is 13.8 Å². The zero-order valence-corrected chi connectivity index (χ0v) is 21.8. The Morgan fingerprint density at radius 3 is 2.56 bits per heavy atom. The first-order valence-electron chi connectivity index (χ1n) is 12.6. The Morgan fingerprint density at radius 2 is 1.81 bits per heavy atom. The summed E-state index contributed by atoms with van der Waals surface area (Å²) in [6, 6.07) is 22.0. The van der Waals surface area contributed by atoms with Crippen molar-refractivity contribution in [3.05, 3.63) is 89.2 Å². The van der Waals surface area contributed by atoms with Crippen molar-refractivity contribution in [2.24, 2.45) is 0 Å². The van der Waals surface area contributed by atoms with Crippen molar-refractivity contribution < 1.29 is 14.3 Å². The van der Waals surface area contributed by atoms with E-state index in [4.69, 9.17) is 14.5 Å². The molecule has 0 aliphatic carbocycles. The van der Waals surface area contributed by atoms with Crippen LogP contribution in [0.15, 0.2) is 66.7 Å². The number of ether oxygens (including phenoxy) is 2. The molecule has 0 bridgehead atoms. The lowest BCUT2D eigenvalue weighted by Gasteiger charge is -2.27. The van der Waals surface area contributed by atoms with Crippen LogP contribution in [0.5, 0.6) is 5.75 Å². The van der Waals surface area contributed by atoms with Gasteiger partial charge in [0.2, 0.25) is 5.91 Å². The molecular formula is C30H35N3O3. The maximum absolute atomic E-state index is 13.9. The van der Waals surface area contributed by atoms with Crippen LogP contribution in [0.4, 0.5) is 5.69 Å². The minimum Gasteiger partial charge on any atom is -0.483 e. The maximum atomic E-state index is 13.9. The van der Waals surface area contributed by atoms with Crippen molar-refractivity contribution in [1.82, 2.24) is 9.55 Å². The van der Waals surface area contributed by atoms with Gasteiger partial charge in [0.05, 0.1) is 16.7 Å². The Balaban J connectivity index is 1.71. The Hall–Kier alpha value is -3.64. The van der Waals surface area contributed by atoms with Crippen molar-refractivity contribution in [3.63, 3.8) is 0 Å². The van der Waals surface area contributed by atoms with Crippen molar-refractivity contribution in [1.29, 1.82) is 0 Å². The monoisotopic (exact) mass is 485 g/mol. The summed E-state index contributed by atoms with van der Waals surface area (Å²) < 4.78 is 14.0. The maximum Gasteiger partial charge on any atom is 0.248 e. The topological polar surface area (TPSA) is 56.6 Å². The fourth-order valence-electron chi connectivity index (χ4n) is 4.57. The van der Waals surface area contributed by atoms with E-state index in [1.54, 1.807) is 4.90 Å². The normalized spacial score (nSPS) is 12.0. The van der Waals surface area contributed by atoms with Crippen molar-refractivity contribution >= 4 is 22.6 Å². The largest absolute Gasteiger partial charge is 0.483 e. The molecule has 1 atom stereocenters. The van der Waals surface area contributed by atoms with Gasteiger partial charge in [-0.25, -0.2) is 4.98 Å². The lowest BCUT2D eigenvalue weighted by molar-refractivity contribution is -0.120. The third-order valence-electron chi connectivity index (χ3n) is 6.34. The molecule has 0 aliphatic heterocycles. The highest BCUT2D eigenvalue weighted by Gasteiger charge is 2.25. The molecule has 0 saturated heterocycles. The van der Waals surface area contributed by atoms with Gasteiger partial charge in [-0.05, 0) is 75.1 Å². The highest BCUT2D eigenvalue weighted by atomic mass is 16.5. The molecule has 0 saturated carbocycles. The summed E-state index contributed by atoms with van der Waals surface area (Å²) in [6.45, 7) is 10.9. The smallest absolute Gasteiger partial charge is 0.248 e. The number of benzene rings is 3. The molecule has 1 heterocycles. The molecule has 3 aromatic carbocycles. The molecule has 36 heavy (non-hydrogen) atoms. The molecule has 1 aromatic heterocycles. The summed E-state index contributed by atoms with van der Waals surface area (Å²) in [6.07, 6.45) is 0.477. The molecule has 0 radical (unpaired) electrons. The molecule has 4 rings (SSSR count). The van der Waals surface area contributed by atoms with Crippen molar-refractivity contribution in [2.75, 3.05) is 18.2 Å². The van der Waals surface area contributed by atoms with E-state index < -0.39 is 0 Å². The molecule has 1 unspecified atom stereocenters. The number of amides is 1. The molecule has 188 valence electrons. The van der Waals surface area contributed by atoms with E-state index in [2.05, 4.69) is 13.0 Å². The first kappa shape index (κ1) is 25.5. The second kappa shape index (κ2) is 11.4. The number of anilines is 1. The zero-order chi connectivity index (χ0) is 25.7. The molecule has 0 N–H and O–H groups in total. The molecule has 6 nitrogen and oxygen atoms in total. The first-order chi connectivity index (χ1) is 17.4. The molecule has 0 spiro atoms. The summed E-state index contributed by atoms with van der Waals surface area (Å²) >= 11 is 0. The number of carbonyl (C=O) groups is 1. The van der Waals surface area contributed by atoms with E-state index in [0.29, 0.717) is 12.4 Å². The SMILES string of the molecule is CCOCN(C(=O)Cn1c(C(C)Oc2cccc(C)c2)nc2ccccc21)c1c(C)cccc1CC. The Morgan fingerprint density at radius 1 is 1.03 bits per heavy atom. The molecule has 0 aliphatic rings. The third-order valence-corrected chi connectivity index (χ3v) is 6.34. The molecule has 6 heteroatoms. The summed E-state index contributed by atoms with van der Waals surface area (Å²) in [5.41, 5.74) is 5.96. The number of para-hydroxylation sites is 3. The van der Waals surface area contributed by atoms with Gasteiger partial charge in [0, 0.05) is 6.61 Å². The number of rotatable bonds is 10. The van der Waals surface area contributed by atoms with Gasteiger partial charge in [-0.2, -0.15) is 0 Å². The lowest BCUT2D eigenvalue weighted by atomic mass is 10.0. The predicted molar refractivity (Wildman–Crippen MR) is 144 cm³/mol. The van der Waals surface area contributed by atoms with Crippen LogP contribution in [-0.2, 0) is 22.5 Å². The molecule has 1 amide bonds. The number of imidazole rings is 1. The minimum atomic E-state index is -0.350. The number of nitrogens with zero attached hydrogens (tertiary/aromatic N) is 3. The Labute approximate surface area is 213 Å². The number of carbonyl (C=O) groups excluding carboxylic acids is 1.